The van der Waals surface area contributed by atoms with E-state index in [-0.39, 0.29) is 170 Å². The highest BCUT2D eigenvalue weighted by Gasteiger charge is 2.37. The van der Waals surface area contributed by atoms with Crippen molar-refractivity contribution in [2.45, 2.75) is 309 Å². The minimum atomic E-state index is -0.889. The Morgan fingerprint density at radius 1 is 0.218 bits per heavy atom. The zero-order valence-corrected chi connectivity index (χ0v) is 85.9. The third-order valence-corrected chi connectivity index (χ3v) is 21.0. The Labute approximate surface area is 799 Å². The van der Waals surface area contributed by atoms with E-state index in [0.717, 1.165) is 6.42 Å². The van der Waals surface area contributed by atoms with Gasteiger partial charge >= 0.3 is 0 Å². The summed E-state index contributed by atoms with van der Waals surface area (Å²) in [6.45, 7) is 50.0. The molecule has 133 heavy (non-hydrogen) atoms. The highest BCUT2D eigenvalue weighted by Crippen LogP contribution is 2.43. The number of aliphatic hydroxyl groups is 2. The average molecular weight is 1930 g/mol. The van der Waals surface area contributed by atoms with E-state index in [9.17, 15) is 10.2 Å². The number of rotatable bonds is 102. The van der Waals surface area contributed by atoms with Crippen molar-refractivity contribution >= 4 is 0 Å². The standard InChI is InChI=1S/C96H188O37/c1-23-104-71(16)119-54-86(52-102-50-83-43-78-38-39-82(83)42-78)128-61-88(56-121-73(18)106-25-3)130-63-90(58-123-75(20)108-27-5)132-65-92(60-125-77(22)110-29-7)133-66-91(59-124-76(21)109-28-6)131-64-89(57-122-74(19)107-26-4)129-62-87(55-120-72(17)105-24-2)127-53-85(45-97)126-49-81(48-101-69-95(115-34-12)116-35-13)41-79(46-99-67-93(111-30-8)112-31-9)40-80(47-100-68-94(113-32-10)114-33-11)44-84(98)51-103-70-96(117-36-14)118-37-15/h38-39,71-98H,23-37,40-70H2,1-22H3. The number of aliphatic hydroxyl groups excluding tert-OH is 2. The molecule has 0 amide bonds. The fourth-order valence-corrected chi connectivity index (χ4v) is 14.7. The van der Waals surface area contributed by atoms with Crippen molar-refractivity contribution in [2.24, 2.45) is 35.5 Å². The Bertz CT molecular complexity index is 2500. The molecule has 794 valence electrons. The monoisotopic (exact) mass is 1930 g/mol. The third-order valence-electron chi connectivity index (χ3n) is 21.0. The molecule has 37 heteroatoms. The van der Waals surface area contributed by atoms with Gasteiger partial charge in [0.2, 0.25) is 0 Å². The lowest BCUT2D eigenvalue weighted by Gasteiger charge is -2.30. The predicted octanol–water partition coefficient (Wildman–Crippen LogP) is 11.1. The summed E-state index contributed by atoms with van der Waals surface area (Å²) < 4.78 is 217. The average Bonchev–Trinajstić information content (AvgIpc) is 1.68. The second-order valence-electron chi connectivity index (χ2n) is 32.4. The van der Waals surface area contributed by atoms with Gasteiger partial charge in [-0.3, -0.25) is 0 Å². The maximum atomic E-state index is 11.7. The van der Waals surface area contributed by atoms with Crippen LogP contribution in [0.4, 0.5) is 0 Å². The number of hydrogen-bond acceptors (Lipinski definition) is 37. The molecule has 2 aliphatic carbocycles. The first-order chi connectivity index (χ1) is 64.5. The van der Waals surface area contributed by atoms with Gasteiger partial charge in [0.15, 0.2) is 69.2 Å². The molecule has 1 fully saturated rings. The molecule has 2 aliphatic rings. The van der Waals surface area contributed by atoms with Crippen molar-refractivity contribution in [3.63, 3.8) is 0 Å². The Kier molecular flexibility index (Phi) is 82.1. The molecule has 0 spiro atoms. The summed E-state index contributed by atoms with van der Waals surface area (Å²) in [5.74, 6) is 0.870. The van der Waals surface area contributed by atoms with E-state index >= 15 is 0 Å². The molecule has 22 atom stereocenters. The van der Waals surface area contributed by atoms with Gasteiger partial charge in [0.05, 0.1) is 165 Å². The minimum absolute atomic E-state index is 0.00138. The van der Waals surface area contributed by atoms with Gasteiger partial charge in [-0.15, -0.1) is 0 Å². The third kappa shape index (κ3) is 66.7. The van der Waals surface area contributed by atoms with Gasteiger partial charge in [0.25, 0.3) is 0 Å². The number of fused-ring (bicyclic) bond motifs is 2. The molecule has 0 aromatic rings. The van der Waals surface area contributed by atoms with E-state index < -0.39 is 131 Å². The number of hydrogen-bond donors (Lipinski definition) is 2. The van der Waals surface area contributed by atoms with E-state index in [0.29, 0.717) is 149 Å². The smallest absolute Gasteiger partial charge is 0.180 e. The Hall–Kier alpha value is -1.74. The Balaban J connectivity index is 2.66. The lowest BCUT2D eigenvalue weighted by atomic mass is 9.85. The van der Waals surface area contributed by atoms with Crippen LogP contribution in [0.25, 0.3) is 0 Å². The molecule has 0 radical (unpaired) electrons. The van der Waals surface area contributed by atoms with Gasteiger partial charge in [0.1, 0.15) is 48.8 Å². The van der Waals surface area contributed by atoms with E-state index in [2.05, 4.69) is 12.2 Å². The molecule has 37 nitrogen and oxygen atoms in total. The van der Waals surface area contributed by atoms with Crippen LogP contribution >= 0.6 is 0 Å². The van der Waals surface area contributed by atoms with Crippen LogP contribution < -0.4 is 0 Å². The largest absolute Gasteiger partial charge is 0.394 e. The summed E-state index contributed by atoms with van der Waals surface area (Å²) in [5.41, 5.74) is 0. The molecule has 0 saturated heterocycles. The van der Waals surface area contributed by atoms with Gasteiger partial charge in [-0.05, 0) is 214 Å². The Morgan fingerprint density at radius 2 is 0.451 bits per heavy atom. The lowest BCUT2D eigenvalue weighted by Crippen LogP contribution is -2.40. The first kappa shape index (κ1) is 127. The summed E-state index contributed by atoms with van der Waals surface area (Å²) in [6, 6.07) is 0. The summed E-state index contributed by atoms with van der Waals surface area (Å²) >= 11 is 0. The molecule has 0 aromatic heterocycles. The van der Waals surface area contributed by atoms with Crippen LogP contribution in [0, 0.1) is 35.5 Å². The molecular weight excluding hydrogens is 1750 g/mol. The molecule has 0 aromatic carbocycles. The molecule has 1 saturated carbocycles. The normalized spacial score (nSPS) is 19.2. The molecule has 0 aliphatic heterocycles. The van der Waals surface area contributed by atoms with Gasteiger partial charge in [-0.2, -0.15) is 0 Å². The van der Waals surface area contributed by atoms with Crippen molar-refractivity contribution in [3.8, 4) is 0 Å². The van der Waals surface area contributed by atoms with Crippen LogP contribution in [0.5, 0.6) is 0 Å². The first-order valence-electron chi connectivity index (χ1n) is 49.9. The zero-order valence-electron chi connectivity index (χ0n) is 85.9. The fourth-order valence-electron chi connectivity index (χ4n) is 14.7. The maximum absolute atomic E-state index is 11.7. The Morgan fingerprint density at radius 3 is 0.707 bits per heavy atom. The second kappa shape index (κ2) is 85.8. The van der Waals surface area contributed by atoms with E-state index in [1.807, 2.05) is 138 Å². The number of allylic oxidation sites excluding steroid dienone is 2. The summed E-state index contributed by atoms with van der Waals surface area (Å²) in [7, 11) is 0. The highest BCUT2D eigenvalue weighted by molar-refractivity contribution is 5.10. The molecule has 0 heterocycles. The SMILES string of the molecule is CCOC(C)OCC(COCC1CC2C=CC1C2)OCC(COC(C)OCC)OCC(COC(C)OCC)OCC(COC(C)OCC)OCC(COC(C)OCC)OCC(COC(C)OCC)OCC(COC(C)OCC)OCC(CO)OCC(COCC(OCC)OCC)CC(COCC(OCC)OCC)CC(COCC(OCC)OCC)CC(O)COCC(OCC)OCC. The quantitative estimate of drug-likeness (QED) is 0.0422. The topological polar surface area (TPSA) is 364 Å². The van der Waals surface area contributed by atoms with Crippen LogP contribution in [0.3, 0.4) is 0 Å². The van der Waals surface area contributed by atoms with Gasteiger partial charge in [0, 0.05) is 118 Å². The summed E-state index contributed by atoms with van der Waals surface area (Å²) in [4.78, 5) is 0. The van der Waals surface area contributed by atoms with Crippen LogP contribution in [0.1, 0.15) is 184 Å². The highest BCUT2D eigenvalue weighted by atomic mass is 16.8. The van der Waals surface area contributed by atoms with Crippen LogP contribution in [0.2, 0.25) is 0 Å². The van der Waals surface area contributed by atoms with Crippen molar-refractivity contribution < 1.29 is 176 Å². The van der Waals surface area contributed by atoms with Gasteiger partial charge in [-0.25, -0.2) is 0 Å². The van der Waals surface area contributed by atoms with E-state index in [4.69, 9.17) is 166 Å². The molecule has 2 bridgehead atoms. The van der Waals surface area contributed by atoms with Crippen LogP contribution in [0.15, 0.2) is 12.2 Å². The molecular formula is C96H188O37. The zero-order chi connectivity index (χ0) is 97.7. The first-order valence-corrected chi connectivity index (χ1v) is 49.9. The number of ether oxygens (including phenoxy) is 35. The lowest BCUT2D eigenvalue weighted by molar-refractivity contribution is -0.205. The van der Waals surface area contributed by atoms with Crippen LogP contribution in [-0.2, 0) is 166 Å². The minimum Gasteiger partial charge on any atom is -0.394 e. The summed E-state index contributed by atoms with van der Waals surface area (Å²) in [6.07, 6.45) is -4.57. The van der Waals surface area contributed by atoms with E-state index in [1.54, 1.807) is 13.8 Å². The molecule has 22 unspecified atom stereocenters. The molecule has 2 rings (SSSR count). The molecule has 2 N–H and O–H groups in total. The fraction of sp³-hybridized carbons (Fsp3) is 0.979. The van der Waals surface area contributed by atoms with Crippen molar-refractivity contribution in [2.75, 3.05) is 271 Å². The van der Waals surface area contributed by atoms with Crippen LogP contribution in [-0.4, -0.2) is 405 Å². The predicted molar refractivity (Wildman–Crippen MR) is 496 cm³/mol. The van der Waals surface area contributed by atoms with E-state index in [1.165, 1.54) is 6.42 Å². The van der Waals surface area contributed by atoms with Gasteiger partial charge < -0.3 is 176 Å². The van der Waals surface area contributed by atoms with Crippen molar-refractivity contribution in [1.82, 2.24) is 0 Å². The second-order valence-corrected chi connectivity index (χ2v) is 32.4. The van der Waals surface area contributed by atoms with Gasteiger partial charge in [-0.1, -0.05) is 12.2 Å². The van der Waals surface area contributed by atoms with Crippen molar-refractivity contribution in [3.05, 3.63) is 12.2 Å². The van der Waals surface area contributed by atoms with Crippen molar-refractivity contribution in [1.29, 1.82) is 0 Å². The maximum Gasteiger partial charge on any atom is 0.180 e. The summed E-state index contributed by atoms with van der Waals surface area (Å²) in [5, 5.41) is 23.0.